The maximum absolute atomic E-state index is 13.0. The van der Waals surface area contributed by atoms with E-state index in [1.54, 1.807) is 109 Å². The number of nitrogen functional groups attached to an aromatic ring is 2. The second-order valence-electron chi connectivity index (χ2n) is 18.3. The number of rotatable bonds is 26. The minimum absolute atomic E-state index is 0.0317. The third kappa shape index (κ3) is 19.0. The molecule has 0 saturated carbocycles. The molecule has 10 nitrogen and oxygen atoms in total. The summed E-state index contributed by atoms with van der Waals surface area (Å²) in [4.78, 5) is 26.0. The van der Waals surface area contributed by atoms with Crippen molar-refractivity contribution in [3.05, 3.63) is 191 Å². The fourth-order valence-corrected chi connectivity index (χ4v) is 8.17. The monoisotopic (exact) mass is 1040 g/mol. The molecule has 6 rings (SSSR count). The van der Waals surface area contributed by atoms with Crippen molar-refractivity contribution in [1.29, 1.82) is 0 Å². The molecule has 0 saturated heterocycles. The van der Waals surface area contributed by atoms with Gasteiger partial charge in [-0.05, 0) is 171 Å². The Balaban J connectivity index is 1.09. The van der Waals surface area contributed by atoms with E-state index >= 15 is 0 Å². The van der Waals surface area contributed by atoms with Gasteiger partial charge in [-0.2, -0.15) is 26.3 Å². The second-order valence-corrected chi connectivity index (χ2v) is 18.3. The molecule has 0 bridgehead atoms. The standard InChI is InChI=1S/C59H60F6N2O8/c60-58(61,62)36-3-5-38-72-50-26-30-52(31-27-50)74-54(68)46-18-10-42(11-19-46)8-1-2-34-56(40-44-14-22-48(66)23-15-44,41-45-16-24-49(67)25-17-45)57(70,71)35-7-9-43-12-20-47(21-13-43)55(69)75-53-32-28-51(29-33-53)73-39-6-4-37-59(63,64)65/h1,7-33,70-71H,2-6,34-41,66-67H2/b8-1+,9-7+. The van der Waals surface area contributed by atoms with E-state index in [0.29, 0.717) is 46.8 Å². The second kappa shape index (κ2) is 26.6. The SMILES string of the molecule is Nc1ccc(CC(CC/C=C/c2ccc(C(=O)Oc3ccc(OCCCCC(F)(F)F)cc3)cc2)(Cc2ccc(N)cc2)C(O)(O)C/C=C/c2ccc(C(=O)Oc3ccc(OCCCCC(F)(F)F)cc3)cc2)cc1. The number of unbranched alkanes of at least 4 members (excludes halogenated alkanes) is 2. The lowest BCUT2D eigenvalue weighted by atomic mass is 9.66. The van der Waals surface area contributed by atoms with Gasteiger partial charge in [0.05, 0.1) is 24.3 Å². The third-order valence-corrected chi connectivity index (χ3v) is 12.3. The third-order valence-electron chi connectivity index (χ3n) is 12.3. The highest BCUT2D eigenvalue weighted by Gasteiger charge is 2.48. The van der Waals surface area contributed by atoms with Crippen LogP contribution in [0.2, 0.25) is 0 Å². The van der Waals surface area contributed by atoms with Crippen molar-refractivity contribution in [1.82, 2.24) is 0 Å². The normalized spacial score (nSPS) is 12.3. The highest BCUT2D eigenvalue weighted by atomic mass is 19.4. The van der Waals surface area contributed by atoms with Crippen LogP contribution in [0.3, 0.4) is 0 Å². The smallest absolute Gasteiger partial charge is 0.389 e. The predicted molar refractivity (Wildman–Crippen MR) is 277 cm³/mol. The summed E-state index contributed by atoms with van der Waals surface area (Å²) in [5.41, 5.74) is 15.8. The van der Waals surface area contributed by atoms with Crippen LogP contribution in [-0.2, 0) is 12.8 Å². The van der Waals surface area contributed by atoms with Crippen molar-refractivity contribution in [2.45, 2.75) is 88.8 Å². The Labute approximate surface area is 432 Å². The minimum atomic E-state index is -4.20. The van der Waals surface area contributed by atoms with Crippen LogP contribution in [0.15, 0.2) is 158 Å². The molecule has 0 aliphatic rings. The number of nitrogens with two attached hydrogens (primary N) is 2. The summed E-state index contributed by atoms with van der Waals surface area (Å²) in [5, 5.41) is 24.7. The zero-order valence-corrected chi connectivity index (χ0v) is 41.1. The Bertz CT molecular complexity index is 2730. The Hall–Kier alpha value is -7.56. The number of esters is 2. The zero-order valence-electron chi connectivity index (χ0n) is 41.1. The number of aliphatic hydroxyl groups is 2. The van der Waals surface area contributed by atoms with E-state index in [9.17, 15) is 46.1 Å². The Morgan fingerprint density at radius 3 is 1.23 bits per heavy atom. The molecule has 0 aromatic heterocycles. The first-order chi connectivity index (χ1) is 35.7. The Morgan fingerprint density at radius 1 is 0.467 bits per heavy atom. The molecule has 0 radical (unpaired) electrons. The number of alkyl halides is 6. The summed E-state index contributed by atoms with van der Waals surface area (Å²) in [5.74, 6) is -2.10. The first-order valence-electron chi connectivity index (χ1n) is 24.4. The molecule has 0 atom stereocenters. The number of benzene rings is 6. The van der Waals surface area contributed by atoms with Gasteiger partial charge in [0.15, 0.2) is 5.79 Å². The number of ether oxygens (including phenoxy) is 4. The van der Waals surface area contributed by atoms with Crippen LogP contribution in [-0.4, -0.2) is 53.5 Å². The lowest BCUT2D eigenvalue weighted by molar-refractivity contribution is -0.243. The molecule has 0 amide bonds. The van der Waals surface area contributed by atoms with Crippen molar-refractivity contribution in [3.8, 4) is 23.0 Å². The van der Waals surface area contributed by atoms with Crippen LogP contribution < -0.4 is 30.4 Å². The van der Waals surface area contributed by atoms with Crippen molar-refractivity contribution in [2.75, 3.05) is 24.7 Å². The van der Waals surface area contributed by atoms with Crippen molar-refractivity contribution >= 4 is 35.5 Å². The van der Waals surface area contributed by atoms with Crippen molar-refractivity contribution in [3.63, 3.8) is 0 Å². The fourth-order valence-electron chi connectivity index (χ4n) is 8.17. The van der Waals surface area contributed by atoms with E-state index < -0.39 is 48.3 Å². The highest BCUT2D eigenvalue weighted by molar-refractivity contribution is 5.92. The number of allylic oxidation sites excluding steroid dienone is 1. The molecule has 6 aromatic rings. The van der Waals surface area contributed by atoms with E-state index in [1.165, 1.54) is 24.3 Å². The number of hydrogen-bond donors (Lipinski definition) is 4. The molecule has 6 aromatic carbocycles. The quantitative estimate of drug-likeness (QED) is 0.0103. The van der Waals surface area contributed by atoms with Gasteiger partial charge in [-0.25, -0.2) is 9.59 Å². The first-order valence-corrected chi connectivity index (χ1v) is 24.4. The molecule has 0 aliphatic carbocycles. The lowest BCUT2D eigenvalue weighted by Crippen LogP contribution is -2.51. The van der Waals surface area contributed by atoms with Gasteiger partial charge < -0.3 is 40.6 Å². The average Bonchev–Trinajstić information content (AvgIpc) is 3.37. The molecule has 396 valence electrons. The molecule has 0 fully saturated rings. The molecular weight excluding hydrogens is 979 g/mol. The molecule has 6 N–H and O–H groups in total. The highest BCUT2D eigenvalue weighted by Crippen LogP contribution is 2.44. The summed E-state index contributed by atoms with van der Waals surface area (Å²) in [6.45, 7) is 0.245. The predicted octanol–water partition coefficient (Wildman–Crippen LogP) is 13.6. The largest absolute Gasteiger partial charge is 0.494 e. The van der Waals surface area contributed by atoms with Crippen LogP contribution in [0.25, 0.3) is 12.2 Å². The first kappa shape index (κ1) is 56.7. The van der Waals surface area contributed by atoms with E-state index in [1.807, 2.05) is 36.4 Å². The molecule has 75 heavy (non-hydrogen) atoms. The molecular formula is C59H60F6N2O8. The van der Waals surface area contributed by atoms with Gasteiger partial charge in [-0.15, -0.1) is 0 Å². The number of carbonyl (C=O) groups excluding carboxylic acids is 2. The molecule has 0 heterocycles. The van der Waals surface area contributed by atoms with Gasteiger partial charge in [0, 0.05) is 36.1 Å². The van der Waals surface area contributed by atoms with E-state index in [0.717, 1.165) is 16.7 Å². The van der Waals surface area contributed by atoms with E-state index in [4.69, 9.17) is 30.4 Å². The molecule has 0 aliphatic heterocycles. The van der Waals surface area contributed by atoms with Gasteiger partial charge >= 0.3 is 24.3 Å². The molecule has 0 spiro atoms. The minimum Gasteiger partial charge on any atom is -0.494 e. The van der Waals surface area contributed by atoms with Gasteiger partial charge in [0.2, 0.25) is 0 Å². The van der Waals surface area contributed by atoms with Crippen LogP contribution in [0.4, 0.5) is 37.7 Å². The van der Waals surface area contributed by atoms with E-state index in [-0.39, 0.29) is 75.2 Å². The number of anilines is 2. The molecule has 16 heteroatoms. The van der Waals surface area contributed by atoms with Gasteiger partial charge in [0.1, 0.15) is 23.0 Å². The van der Waals surface area contributed by atoms with Crippen LogP contribution in [0.5, 0.6) is 23.0 Å². The topological polar surface area (TPSA) is 164 Å². The lowest BCUT2D eigenvalue weighted by Gasteiger charge is -2.44. The summed E-state index contributed by atoms with van der Waals surface area (Å²) in [6, 6.07) is 40.3. The Kier molecular flexibility index (Phi) is 20.1. The fraction of sp³-hybridized carbons (Fsp3) is 0.288. The molecule has 0 unspecified atom stereocenters. The van der Waals surface area contributed by atoms with Gasteiger partial charge in [-0.3, -0.25) is 0 Å². The summed E-state index contributed by atoms with van der Waals surface area (Å²) >= 11 is 0. The van der Waals surface area contributed by atoms with Crippen molar-refractivity contribution < 1.29 is 65.1 Å². The summed E-state index contributed by atoms with van der Waals surface area (Å²) in [7, 11) is 0. The average molecular weight is 1040 g/mol. The van der Waals surface area contributed by atoms with Crippen LogP contribution in [0, 0.1) is 5.41 Å². The summed E-state index contributed by atoms with van der Waals surface area (Å²) < 4.78 is 96.3. The van der Waals surface area contributed by atoms with E-state index in [2.05, 4.69) is 0 Å². The van der Waals surface area contributed by atoms with Gasteiger partial charge in [0.25, 0.3) is 0 Å². The Morgan fingerprint density at radius 2 is 0.840 bits per heavy atom. The van der Waals surface area contributed by atoms with Crippen LogP contribution >= 0.6 is 0 Å². The number of halogens is 6. The number of hydrogen-bond acceptors (Lipinski definition) is 10. The van der Waals surface area contributed by atoms with Crippen LogP contribution in [0.1, 0.15) is 101 Å². The maximum atomic E-state index is 13.0. The van der Waals surface area contributed by atoms with Crippen molar-refractivity contribution in [2.24, 2.45) is 5.41 Å². The number of carbonyl (C=O) groups is 2. The maximum Gasteiger partial charge on any atom is 0.389 e. The van der Waals surface area contributed by atoms with Gasteiger partial charge in [-0.1, -0.05) is 72.8 Å². The zero-order chi connectivity index (χ0) is 53.9. The summed E-state index contributed by atoms with van der Waals surface area (Å²) in [6.07, 6.45) is -1.37.